The van der Waals surface area contributed by atoms with Gasteiger partial charge in [-0.15, -0.1) is 0 Å². The average Bonchev–Trinajstić information content (AvgIpc) is 3.27. The van der Waals surface area contributed by atoms with Crippen molar-refractivity contribution in [3.8, 4) is 0 Å². The van der Waals surface area contributed by atoms with Crippen molar-refractivity contribution >= 4 is 16.3 Å². The van der Waals surface area contributed by atoms with E-state index in [1.807, 2.05) is 0 Å². The molecule has 64 heavy (non-hydrogen) atoms. The number of unbranched alkanes of at least 4 members (excludes halogenated alkanes) is 24. The second-order valence-corrected chi connectivity index (χ2v) is 18.6. The van der Waals surface area contributed by atoms with E-state index in [0.29, 0.717) is 12.8 Å². The lowest BCUT2D eigenvalue weighted by Crippen LogP contribution is -2.61. The van der Waals surface area contributed by atoms with E-state index in [9.17, 15) is 43.3 Å². The summed E-state index contributed by atoms with van der Waals surface area (Å²) in [4.78, 5) is 13.1. The third kappa shape index (κ3) is 31.9. The molecule has 374 valence electrons. The number of carbonyl (C=O) groups is 1. The van der Waals surface area contributed by atoms with Crippen LogP contribution in [0.4, 0.5) is 0 Å². The van der Waals surface area contributed by atoms with E-state index in [1.54, 1.807) is 6.08 Å². The Kier molecular flexibility index (Phi) is 37.6. The van der Waals surface area contributed by atoms with Gasteiger partial charge >= 0.3 is 10.4 Å². The fourth-order valence-corrected chi connectivity index (χ4v) is 8.21. The smallest absolute Gasteiger partial charge is 0.394 e. The van der Waals surface area contributed by atoms with Gasteiger partial charge in [-0.3, -0.25) is 9.35 Å². The number of allylic oxidation sites excluding steroid dienone is 7. The van der Waals surface area contributed by atoms with Crippen molar-refractivity contribution in [1.82, 2.24) is 5.32 Å². The number of carbonyl (C=O) groups excluding carboxylic acids is 1. The van der Waals surface area contributed by atoms with Crippen molar-refractivity contribution < 1.29 is 57.0 Å². The van der Waals surface area contributed by atoms with Crippen molar-refractivity contribution in [2.45, 2.75) is 249 Å². The van der Waals surface area contributed by atoms with Crippen LogP contribution in [0.2, 0.25) is 0 Å². The summed E-state index contributed by atoms with van der Waals surface area (Å²) < 4.78 is 47.6. The molecule has 0 aromatic carbocycles. The van der Waals surface area contributed by atoms with Crippen LogP contribution in [0.5, 0.6) is 0 Å². The molecule has 1 aliphatic rings. The van der Waals surface area contributed by atoms with Crippen LogP contribution in [0, 0.1) is 0 Å². The van der Waals surface area contributed by atoms with Crippen molar-refractivity contribution in [3.63, 3.8) is 0 Å². The Morgan fingerprint density at radius 3 is 1.62 bits per heavy atom. The fourth-order valence-electron chi connectivity index (χ4n) is 7.70. The van der Waals surface area contributed by atoms with Crippen LogP contribution in [-0.4, -0.2) is 107 Å². The van der Waals surface area contributed by atoms with Gasteiger partial charge in [0.05, 0.1) is 25.4 Å². The Balaban J connectivity index is 2.56. The maximum absolute atomic E-state index is 13.1. The van der Waals surface area contributed by atoms with E-state index in [2.05, 4.69) is 59.8 Å². The zero-order chi connectivity index (χ0) is 47.1. The highest BCUT2D eigenvalue weighted by Crippen LogP contribution is 2.26. The summed E-state index contributed by atoms with van der Waals surface area (Å²) in [5.41, 5.74) is 0. The minimum atomic E-state index is -5.13. The fraction of sp³-hybridized carbons (Fsp3) is 0.820. The van der Waals surface area contributed by atoms with Crippen LogP contribution in [0.3, 0.4) is 0 Å². The molecule has 1 aliphatic heterocycles. The Labute approximate surface area is 388 Å². The molecule has 1 rings (SSSR count). The molecule has 1 saturated heterocycles. The Morgan fingerprint density at radius 1 is 0.641 bits per heavy atom. The highest BCUT2D eigenvalue weighted by Gasteiger charge is 2.48. The van der Waals surface area contributed by atoms with Gasteiger partial charge in [0.2, 0.25) is 5.91 Å². The van der Waals surface area contributed by atoms with Crippen molar-refractivity contribution in [1.29, 1.82) is 0 Å². The van der Waals surface area contributed by atoms with Gasteiger partial charge in [0.1, 0.15) is 30.5 Å². The first-order chi connectivity index (χ1) is 30.9. The maximum Gasteiger partial charge on any atom is 0.397 e. The van der Waals surface area contributed by atoms with E-state index >= 15 is 0 Å². The highest BCUT2D eigenvalue weighted by molar-refractivity contribution is 7.80. The van der Waals surface area contributed by atoms with Gasteiger partial charge in [-0.2, -0.15) is 8.42 Å². The lowest BCUT2D eigenvalue weighted by molar-refractivity contribution is -0.298. The highest BCUT2D eigenvalue weighted by atomic mass is 32.3. The summed E-state index contributed by atoms with van der Waals surface area (Å²) in [6.07, 6.45) is 37.5. The van der Waals surface area contributed by atoms with Crippen LogP contribution in [0.1, 0.15) is 200 Å². The van der Waals surface area contributed by atoms with Crippen LogP contribution in [0.15, 0.2) is 48.6 Å². The first-order valence-corrected chi connectivity index (χ1v) is 26.5. The van der Waals surface area contributed by atoms with Crippen LogP contribution < -0.4 is 5.32 Å². The van der Waals surface area contributed by atoms with Crippen LogP contribution >= 0.6 is 0 Å². The number of hydrogen-bond donors (Lipinski definition) is 7. The minimum absolute atomic E-state index is 0.230. The molecule has 8 atom stereocenters. The number of ether oxygens (including phenoxy) is 2. The van der Waals surface area contributed by atoms with Crippen molar-refractivity contribution in [2.75, 3.05) is 13.2 Å². The molecule has 0 aromatic heterocycles. The molecule has 8 unspecified atom stereocenters. The zero-order valence-corrected chi connectivity index (χ0v) is 40.5. The molecule has 7 N–H and O–H groups in total. The predicted octanol–water partition coefficient (Wildman–Crippen LogP) is 9.41. The topological polar surface area (TPSA) is 212 Å². The van der Waals surface area contributed by atoms with Crippen LogP contribution in [0.25, 0.3) is 0 Å². The molecule has 1 fully saturated rings. The summed E-state index contributed by atoms with van der Waals surface area (Å²) >= 11 is 0. The van der Waals surface area contributed by atoms with Gasteiger partial charge in [0.15, 0.2) is 6.29 Å². The summed E-state index contributed by atoms with van der Waals surface area (Å²) in [6.45, 7) is 3.18. The Morgan fingerprint density at radius 2 is 1.09 bits per heavy atom. The lowest BCUT2D eigenvalue weighted by atomic mass is 9.99. The molecule has 14 heteroatoms. The van der Waals surface area contributed by atoms with E-state index in [1.165, 1.54) is 115 Å². The second-order valence-electron chi connectivity index (χ2n) is 17.6. The molecule has 0 spiro atoms. The van der Waals surface area contributed by atoms with Crippen molar-refractivity contribution in [2.24, 2.45) is 0 Å². The number of hydrogen-bond acceptors (Lipinski definition) is 11. The van der Waals surface area contributed by atoms with Gasteiger partial charge in [-0.25, -0.2) is 4.18 Å². The number of amides is 1. The average molecular weight is 930 g/mol. The molecular weight excluding hydrogens is 839 g/mol. The third-order valence-corrected chi connectivity index (χ3v) is 12.2. The minimum Gasteiger partial charge on any atom is -0.394 e. The molecule has 0 radical (unpaired) electrons. The van der Waals surface area contributed by atoms with E-state index in [0.717, 1.165) is 57.8 Å². The van der Waals surface area contributed by atoms with Gasteiger partial charge in [-0.1, -0.05) is 191 Å². The maximum atomic E-state index is 13.1. The van der Waals surface area contributed by atoms with Crippen LogP contribution in [-0.2, 0) is 28.9 Å². The summed E-state index contributed by atoms with van der Waals surface area (Å²) in [7, 11) is -5.13. The normalized spacial score (nSPS) is 21.2. The first kappa shape index (κ1) is 60.0. The van der Waals surface area contributed by atoms with E-state index in [4.69, 9.17) is 9.47 Å². The largest absolute Gasteiger partial charge is 0.397 e. The monoisotopic (exact) mass is 930 g/mol. The predicted molar refractivity (Wildman–Crippen MR) is 256 cm³/mol. The molecule has 0 aromatic rings. The lowest BCUT2D eigenvalue weighted by Gasteiger charge is -2.41. The van der Waals surface area contributed by atoms with E-state index < -0.39 is 78.5 Å². The molecule has 13 nitrogen and oxygen atoms in total. The Bertz CT molecular complexity index is 1340. The molecule has 0 saturated carbocycles. The molecule has 1 amide bonds. The first-order valence-electron chi connectivity index (χ1n) is 25.1. The number of aliphatic hydroxyl groups is 5. The summed E-state index contributed by atoms with van der Waals surface area (Å²) in [5, 5.41) is 55.3. The number of aliphatic hydroxyl groups excluding tert-OH is 5. The summed E-state index contributed by atoms with van der Waals surface area (Å²) in [6, 6.07) is -1.14. The van der Waals surface area contributed by atoms with Gasteiger partial charge < -0.3 is 40.3 Å². The zero-order valence-electron chi connectivity index (χ0n) is 39.7. The molecule has 0 aliphatic carbocycles. The third-order valence-electron chi connectivity index (χ3n) is 11.7. The molecule has 1 heterocycles. The number of rotatable bonds is 42. The van der Waals surface area contributed by atoms with Gasteiger partial charge in [-0.05, 0) is 57.8 Å². The Hall–Kier alpha value is -1.98. The summed E-state index contributed by atoms with van der Waals surface area (Å²) in [5.74, 6) is -0.717. The standard InChI is InChI=1S/C50H91NO12S/c1-3-5-7-9-11-13-15-17-19-21-23-25-27-29-31-33-35-37-39-44(54)49(57)51-42(41-61-50-47(56)48(63-64(58,59)60)46(55)45(40-52)62-50)43(53)38-36-34-32-30-28-26-24-22-20-18-16-14-12-10-8-6-4-2/h11,13,15,17,28,30,36,38,42-48,50,52-56H,3-10,12,14,16,18-27,29,31-35,37,39-41H2,1-2H3,(H,51,57)(H,58,59,60)/b13-11-,17-15-,30-28+,38-36+. The molecular formula is C50H91NO12S. The molecule has 0 bridgehead atoms. The van der Waals surface area contributed by atoms with E-state index in [-0.39, 0.29) is 6.42 Å². The quantitative estimate of drug-likeness (QED) is 0.0132. The van der Waals surface area contributed by atoms with Gasteiger partial charge in [0, 0.05) is 0 Å². The van der Waals surface area contributed by atoms with Crippen molar-refractivity contribution in [3.05, 3.63) is 48.6 Å². The van der Waals surface area contributed by atoms with Gasteiger partial charge in [0.25, 0.3) is 0 Å². The second kappa shape index (κ2) is 40.1. The number of nitrogens with one attached hydrogen (secondary N) is 1. The SMILES string of the molecule is CCCCC/C=C\C=C/CCCCCCCCCCCC(O)C(=O)NC(COC1OC(CO)C(O)C(OS(=O)(=O)O)C1O)C(O)/C=C/CC/C=C/CCCCCCCCCCCCC.